The average molecular weight is 306 g/mol. The summed E-state index contributed by atoms with van der Waals surface area (Å²) in [5.74, 6) is 0.141. The van der Waals surface area contributed by atoms with E-state index in [1.54, 1.807) is 0 Å². The molecule has 0 spiro atoms. The number of carbonyl (C=O) groups is 1. The van der Waals surface area contributed by atoms with Gasteiger partial charge in [0.2, 0.25) is 5.91 Å². The highest BCUT2D eigenvalue weighted by Gasteiger charge is 2.19. The molecule has 2 aromatic carbocycles. The zero-order valence-corrected chi connectivity index (χ0v) is 13.6. The van der Waals surface area contributed by atoms with Gasteiger partial charge in [0.25, 0.3) is 0 Å². The maximum Gasteiger partial charge on any atom is 0.225 e. The second-order valence-corrected chi connectivity index (χ2v) is 6.14. The average Bonchev–Trinajstić information content (AvgIpc) is 2.98. The first-order chi connectivity index (χ1) is 11.1. The van der Waals surface area contributed by atoms with Crippen LogP contribution in [0.25, 0.3) is 10.9 Å². The van der Waals surface area contributed by atoms with E-state index >= 15 is 0 Å². The molecule has 1 heterocycles. The first-order valence-corrected chi connectivity index (χ1v) is 7.99. The van der Waals surface area contributed by atoms with Gasteiger partial charge in [0.05, 0.1) is 0 Å². The Bertz CT molecular complexity index is 792. The molecule has 0 fully saturated rings. The van der Waals surface area contributed by atoms with Crippen molar-refractivity contribution in [3.05, 3.63) is 71.9 Å². The second kappa shape index (κ2) is 6.69. The molecule has 3 heteroatoms. The maximum absolute atomic E-state index is 12.6. The summed E-state index contributed by atoms with van der Waals surface area (Å²) in [5, 5.41) is 1.21. The minimum atomic E-state index is -0.0390. The number of H-pyrrole nitrogens is 1. The number of hydrogen-bond donors (Lipinski definition) is 1. The molecule has 3 rings (SSSR count). The van der Waals surface area contributed by atoms with Gasteiger partial charge < -0.3 is 9.88 Å². The summed E-state index contributed by atoms with van der Waals surface area (Å²) in [4.78, 5) is 17.7. The van der Waals surface area contributed by atoms with Gasteiger partial charge in [0.1, 0.15) is 0 Å². The van der Waals surface area contributed by atoms with E-state index in [0.29, 0.717) is 6.54 Å². The maximum atomic E-state index is 12.6. The SMILES string of the molecule is C[C@@H](Cc1c[nH]c2ccccc12)C(=O)N(C)Cc1ccccc1. The lowest BCUT2D eigenvalue weighted by molar-refractivity contribution is -0.134. The molecular weight excluding hydrogens is 284 g/mol. The highest BCUT2D eigenvalue weighted by atomic mass is 16.2. The molecule has 118 valence electrons. The molecule has 3 aromatic rings. The van der Waals surface area contributed by atoms with Gasteiger partial charge >= 0.3 is 0 Å². The Kier molecular flexibility index (Phi) is 4.47. The molecule has 0 aliphatic rings. The van der Waals surface area contributed by atoms with Crippen LogP contribution in [0.1, 0.15) is 18.1 Å². The topological polar surface area (TPSA) is 36.1 Å². The van der Waals surface area contributed by atoms with E-state index in [4.69, 9.17) is 0 Å². The van der Waals surface area contributed by atoms with Crippen LogP contribution in [0.5, 0.6) is 0 Å². The summed E-state index contributed by atoms with van der Waals surface area (Å²) in [6.07, 6.45) is 2.77. The summed E-state index contributed by atoms with van der Waals surface area (Å²) in [6, 6.07) is 18.3. The smallest absolute Gasteiger partial charge is 0.225 e. The number of hydrogen-bond acceptors (Lipinski definition) is 1. The highest BCUT2D eigenvalue weighted by molar-refractivity contribution is 5.84. The number of rotatable bonds is 5. The van der Waals surface area contributed by atoms with E-state index in [1.807, 2.05) is 67.5 Å². The van der Waals surface area contributed by atoms with Crippen molar-refractivity contribution in [2.75, 3.05) is 7.05 Å². The van der Waals surface area contributed by atoms with Crippen LogP contribution < -0.4 is 0 Å². The van der Waals surface area contributed by atoms with Crippen LogP contribution in [0.2, 0.25) is 0 Å². The van der Waals surface area contributed by atoms with Crippen molar-refractivity contribution >= 4 is 16.8 Å². The van der Waals surface area contributed by atoms with Gasteiger partial charge in [-0.15, -0.1) is 0 Å². The van der Waals surface area contributed by atoms with Crippen LogP contribution >= 0.6 is 0 Å². The Morgan fingerprint density at radius 1 is 1.09 bits per heavy atom. The van der Waals surface area contributed by atoms with Gasteiger partial charge in [0, 0.05) is 36.6 Å². The van der Waals surface area contributed by atoms with Gasteiger partial charge in [-0.3, -0.25) is 4.79 Å². The van der Waals surface area contributed by atoms with E-state index in [9.17, 15) is 4.79 Å². The fourth-order valence-electron chi connectivity index (χ4n) is 3.03. The van der Waals surface area contributed by atoms with Crippen LogP contribution in [0.15, 0.2) is 60.8 Å². The molecule has 1 atom stereocenters. The van der Waals surface area contributed by atoms with Crippen LogP contribution in [-0.2, 0) is 17.8 Å². The predicted molar refractivity (Wildman–Crippen MR) is 94.1 cm³/mol. The standard InChI is InChI=1S/C20H22N2O/c1-15(12-17-13-21-19-11-7-6-10-18(17)19)20(23)22(2)14-16-8-4-3-5-9-16/h3-11,13,15,21H,12,14H2,1-2H3/t15-/m0/s1. The minimum Gasteiger partial charge on any atom is -0.361 e. The number of benzene rings is 2. The van der Waals surface area contributed by atoms with Crippen LogP contribution in [0.4, 0.5) is 0 Å². The van der Waals surface area contributed by atoms with Crippen LogP contribution in [-0.4, -0.2) is 22.8 Å². The first-order valence-electron chi connectivity index (χ1n) is 7.99. The fourth-order valence-corrected chi connectivity index (χ4v) is 3.03. The van der Waals surface area contributed by atoms with Crippen molar-refractivity contribution in [3.63, 3.8) is 0 Å². The van der Waals surface area contributed by atoms with Crippen molar-refractivity contribution in [1.29, 1.82) is 0 Å². The monoisotopic (exact) mass is 306 g/mol. The van der Waals surface area contributed by atoms with E-state index in [-0.39, 0.29) is 11.8 Å². The van der Waals surface area contributed by atoms with Crippen LogP contribution in [0.3, 0.4) is 0 Å². The molecule has 0 aliphatic heterocycles. The van der Waals surface area contributed by atoms with Crippen molar-refractivity contribution < 1.29 is 4.79 Å². The number of para-hydroxylation sites is 1. The molecule has 0 bridgehead atoms. The molecular formula is C20H22N2O. The number of nitrogens with zero attached hydrogens (tertiary/aromatic N) is 1. The van der Waals surface area contributed by atoms with Crippen molar-refractivity contribution in [2.24, 2.45) is 5.92 Å². The lowest BCUT2D eigenvalue weighted by Gasteiger charge is -2.21. The van der Waals surface area contributed by atoms with Gasteiger partial charge in [-0.2, -0.15) is 0 Å². The fraction of sp³-hybridized carbons (Fsp3) is 0.250. The first kappa shape index (κ1) is 15.3. The Morgan fingerprint density at radius 2 is 1.78 bits per heavy atom. The quantitative estimate of drug-likeness (QED) is 0.760. The molecule has 0 unspecified atom stereocenters. The van der Waals surface area contributed by atoms with Crippen molar-refractivity contribution in [3.8, 4) is 0 Å². The normalized spacial score (nSPS) is 12.3. The highest BCUT2D eigenvalue weighted by Crippen LogP contribution is 2.21. The molecule has 23 heavy (non-hydrogen) atoms. The number of amides is 1. The summed E-state index contributed by atoms with van der Waals surface area (Å²) in [5.41, 5.74) is 3.48. The molecule has 0 aliphatic carbocycles. The Balaban J connectivity index is 1.67. The minimum absolute atomic E-state index is 0.0390. The molecule has 1 aromatic heterocycles. The largest absolute Gasteiger partial charge is 0.361 e. The van der Waals surface area contributed by atoms with Crippen molar-refractivity contribution in [1.82, 2.24) is 9.88 Å². The Hall–Kier alpha value is -2.55. The number of nitrogens with one attached hydrogen (secondary N) is 1. The third kappa shape index (κ3) is 3.45. The Morgan fingerprint density at radius 3 is 2.57 bits per heavy atom. The van der Waals surface area contributed by atoms with Gasteiger partial charge in [0.15, 0.2) is 0 Å². The zero-order valence-electron chi connectivity index (χ0n) is 13.6. The van der Waals surface area contributed by atoms with E-state index in [0.717, 1.165) is 17.5 Å². The Labute approximate surface area is 136 Å². The third-order valence-corrected chi connectivity index (χ3v) is 4.26. The molecule has 0 saturated heterocycles. The molecule has 3 nitrogen and oxygen atoms in total. The van der Waals surface area contributed by atoms with Crippen LogP contribution in [0, 0.1) is 5.92 Å². The second-order valence-electron chi connectivity index (χ2n) is 6.14. The van der Waals surface area contributed by atoms with Gasteiger partial charge in [-0.1, -0.05) is 55.5 Å². The number of aromatic amines is 1. The van der Waals surface area contributed by atoms with Crippen molar-refractivity contribution in [2.45, 2.75) is 19.9 Å². The van der Waals surface area contributed by atoms with Gasteiger partial charge in [-0.05, 0) is 23.6 Å². The lowest BCUT2D eigenvalue weighted by Crippen LogP contribution is -2.32. The summed E-state index contributed by atoms with van der Waals surface area (Å²) >= 11 is 0. The third-order valence-electron chi connectivity index (χ3n) is 4.26. The van der Waals surface area contributed by atoms with E-state index in [1.165, 1.54) is 10.9 Å². The molecule has 0 radical (unpaired) electrons. The van der Waals surface area contributed by atoms with E-state index in [2.05, 4.69) is 17.1 Å². The zero-order chi connectivity index (χ0) is 16.2. The summed E-state index contributed by atoms with van der Waals surface area (Å²) in [6.45, 7) is 2.66. The molecule has 0 saturated carbocycles. The summed E-state index contributed by atoms with van der Waals surface area (Å²) < 4.78 is 0. The van der Waals surface area contributed by atoms with Gasteiger partial charge in [-0.25, -0.2) is 0 Å². The number of fused-ring (bicyclic) bond motifs is 1. The lowest BCUT2D eigenvalue weighted by atomic mass is 9.99. The molecule has 1 N–H and O–H groups in total. The number of aromatic nitrogens is 1. The molecule has 1 amide bonds. The predicted octanol–water partition coefficient (Wildman–Crippen LogP) is 4.01. The number of carbonyl (C=O) groups excluding carboxylic acids is 1. The summed E-state index contributed by atoms with van der Waals surface area (Å²) in [7, 11) is 1.88. The van der Waals surface area contributed by atoms with E-state index < -0.39 is 0 Å².